The number of ether oxygens (including phenoxy) is 1. The van der Waals surface area contributed by atoms with Crippen molar-refractivity contribution in [1.29, 1.82) is 0 Å². The highest BCUT2D eigenvalue weighted by atomic mass is 31.1. The van der Waals surface area contributed by atoms with Crippen LogP contribution in [0, 0.1) is 11.8 Å². The molecule has 266 valence electrons. The lowest BCUT2D eigenvalue weighted by Crippen LogP contribution is -2.65. The van der Waals surface area contributed by atoms with Crippen molar-refractivity contribution >= 4 is 53.8 Å². The number of β-lactam (4-membered cyclic amide) rings is 1. The molecule has 5 rings (SSSR count). The summed E-state index contributed by atoms with van der Waals surface area (Å²) in [5.41, 5.74) is 7.72. The molecule has 3 aliphatic rings. The van der Waals surface area contributed by atoms with Gasteiger partial charge in [0.25, 0.3) is 0 Å². The second-order valence-electron chi connectivity index (χ2n) is 13.6. The fraction of sp³-hybridized carbons (Fsp3) is 0.571. The van der Waals surface area contributed by atoms with E-state index in [0.717, 1.165) is 79.4 Å². The van der Waals surface area contributed by atoms with Gasteiger partial charge in [-0.1, -0.05) is 58.0 Å². The Morgan fingerprint density at radius 3 is 2.35 bits per heavy atom. The highest BCUT2D eigenvalue weighted by Gasteiger charge is 2.61. The van der Waals surface area contributed by atoms with Crippen LogP contribution in [0.1, 0.15) is 40.2 Å². The van der Waals surface area contributed by atoms with Gasteiger partial charge in [0.05, 0.1) is 24.6 Å². The summed E-state index contributed by atoms with van der Waals surface area (Å²) in [6, 6.07) is 15.3. The Morgan fingerprint density at radius 2 is 1.69 bits per heavy atom. The Labute approximate surface area is 294 Å². The first-order valence-electron chi connectivity index (χ1n) is 17.8. The number of nitrogens with one attached hydrogen (secondary N) is 1. The fourth-order valence-electron chi connectivity index (χ4n) is 7.94. The number of nitrogens with zero attached hydrogens (tertiary/aromatic N) is 3. The number of rotatable bonds is 17. The SMILES string of the molecule is BNPOC(=O)C1=C(COc2cccc3c(CCN4CCN(CC(N)=O)CC4)cccc23)[C@H](C)[C@@H]2[C@@H]([C@@H](C)O[Si](CC)(CC)CC)C(=O)N12. The molecule has 49 heavy (non-hydrogen) atoms. The highest BCUT2D eigenvalue weighted by Crippen LogP contribution is 2.49. The summed E-state index contributed by atoms with van der Waals surface area (Å²) in [4.78, 5) is 47.6. The molecule has 3 aliphatic heterocycles. The Bertz CT molecular complexity index is 1540. The summed E-state index contributed by atoms with van der Waals surface area (Å²) >= 11 is 0. The number of fused-ring (bicyclic) bond motifs is 2. The van der Waals surface area contributed by atoms with Gasteiger partial charge >= 0.3 is 5.97 Å². The van der Waals surface area contributed by atoms with Crippen LogP contribution in [0.25, 0.3) is 10.8 Å². The van der Waals surface area contributed by atoms with Crippen LogP contribution in [0.3, 0.4) is 0 Å². The Hall–Kier alpha value is -2.80. The Kier molecular flexibility index (Phi) is 12.6. The van der Waals surface area contributed by atoms with Gasteiger partial charge in [-0.05, 0) is 48.5 Å². The van der Waals surface area contributed by atoms with E-state index in [1.807, 2.05) is 19.1 Å². The molecule has 2 fully saturated rings. The monoisotopic (exact) mass is 709 g/mol. The van der Waals surface area contributed by atoms with Crippen molar-refractivity contribution in [1.82, 2.24) is 19.7 Å². The molecule has 14 heteroatoms. The molecule has 2 amide bonds. The number of primary amides is 1. The summed E-state index contributed by atoms with van der Waals surface area (Å²) in [6.45, 7) is 15.6. The number of nitrogens with two attached hydrogens (primary N) is 1. The third-order valence-corrected chi connectivity index (χ3v) is 16.2. The molecular formula is C35H53BN5O6PSi. The first kappa shape index (κ1) is 37.5. The molecule has 1 unspecified atom stereocenters. The van der Waals surface area contributed by atoms with E-state index in [9.17, 15) is 14.4 Å². The topological polar surface area (TPSA) is 127 Å². The molecular weight excluding hydrogens is 656 g/mol. The largest absolute Gasteiger partial charge is 0.488 e. The van der Waals surface area contributed by atoms with Crippen molar-refractivity contribution in [3.05, 3.63) is 53.2 Å². The summed E-state index contributed by atoms with van der Waals surface area (Å²) in [6.07, 6.45) is 0.662. The van der Waals surface area contributed by atoms with Gasteiger partial charge in [0, 0.05) is 49.6 Å². The number of hydrogen-bond acceptors (Lipinski definition) is 9. The lowest BCUT2D eigenvalue weighted by molar-refractivity contribution is -0.161. The molecule has 11 nitrogen and oxygen atoms in total. The number of benzene rings is 2. The molecule has 5 atom stereocenters. The maximum Gasteiger partial charge on any atom is 0.358 e. The molecule has 0 bridgehead atoms. The van der Waals surface area contributed by atoms with Gasteiger partial charge in [0.2, 0.25) is 11.8 Å². The average Bonchev–Trinajstić information content (AvgIpc) is 3.35. The molecule has 0 radical (unpaired) electrons. The quantitative estimate of drug-likeness (QED) is 0.145. The first-order valence-corrected chi connectivity index (χ1v) is 21.2. The zero-order valence-corrected chi connectivity index (χ0v) is 31.9. The summed E-state index contributed by atoms with van der Waals surface area (Å²) in [7, 11) is -0.428. The number of amides is 2. The van der Waals surface area contributed by atoms with Crippen LogP contribution in [0.2, 0.25) is 18.1 Å². The van der Waals surface area contributed by atoms with Gasteiger partial charge < -0.3 is 34.2 Å². The Morgan fingerprint density at radius 1 is 1.04 bits per heavy atom. The van der Waals surface area contributed by atoms with Crippen molar-refractivity contribution in [2.24, 2.45) is 17.6 Å². The fourth-order valence-corrected chi connectivity index (χ4v) is 11.2. The van der Waals surface area contributed by atoms with Gasteiger partial charge in [-0.3, -0.25) is 14.5 Å². The van der Waals surface area contributed by atoms with E-state index in [1.165, 1.54) is 5.56 Å². The molecule has 0 spiro atoms. The standard InChI is InChI=1S/C35H53BN5O6PSi/c1-6-49(7-2,8-3)47-24(5)31-32-23(4)28(33(41(32)34(31)43)35(44)46-48-38-36)22-45-29-14-10-12-26-25(11-9-13-27(26)29)15-16-39-17-19-40(20-18-39)21-30(37)42/h9-14,23-24,31-32,38,48H,6-8,15-22,36H2,1-5H3,(H2,37,42)/t23-,24+,31+,32+/m0/s1. The molecule has 0 saturated carbocycles. The number of hydrogen-bond donors (Lipinski definition) is 2. The van der Waals surface area contributed by atoms with Crippen LogP contribution in [0.4, 0.5) is 0 Å². The normalized spacial score (nSPS) is 22.5. The Balaban J connectivity index is 1.32. The van der Waals surface area contributed by atoms with E-state index < -0.39 is 14.3 Å². The van der Waals surface area contributed by atoms with Crippen LogP contribution in [0.15, 0.2) is 47.7 Å². The smallest absolute Gasteiger partial charge is 0.358 e. The van der Waals surface area contributed by atoms with E-state index >= 15 is 0 Å². The van der Waals surface area contributed by atoms with Crippen LogP contribution in [-0.4, -0.2) is 107 Å². The predicted molar refractivity (Wildman–Crippen MR) is 199 cm³/mol. The van der Waals surface area contributed by atoms with Crippen LogP contribution in [0.5, 0.6) is 5.75 Å². The average molecular weight is 710 g/mol. The molecule has 2 saturated heterocycles. The van der Waals surface area contributed by atoms with E-state index in [2.05, 4.69) is 66.8 Å². The third kappa shape index (κ3) is 7.92. The lowest BCUT2D eigenvalue weighted by Gasteiger charge is -2.49. The minimum Gasteiger partial charge on any atom is -0.488 e. The number of carbonyl (C=O) groups is 3. The second-order valence-corrected chi connectivity index (χ2v) is 19.2. The molecule has 2 aromatic rings. The molecule has 0 aliphatic carbocycles. The highest BCUT2D eigenvalue weighted by molar-refractivity contribution is 7.32. The maximum absolute atomic E-state index is 13.8. The van der Waals surface area contributed by atoms with Crippen molar-refractivity contribution in [3.8, 4) is 5.75 Å². The third-order valence-electron chi connectivity index (χ3n) is 11.0. The van der Waals surface area contributed by atoms with Gasteiger partial charge in [0.1, 0.15) is 27.0 Å². The van der Waals surface area contributed by atoms with Crippen molar-refractivity contribution in [3.63, 3.8) is 0 Å². The minimum atomic E-state index is -1.94. The van der Waals surface area contributed by atoms with Gasteiger partial charge in [-0.2, -0.15) is 0 Å². The van der Waals surface area contributed by atoms with Crippen molar-refractivity contribution in [2.75, 3.05) is 45.9 Å². The molecule has 3 N–H and O–H groups in total. The lowest BCUT2D eigenvalue weighted by atomic mass is 9.78. The number of piperazine rings is 1. The number of carbonyl (C=O) groups excluding carboxylic acids is 3. The molecule has 2 aromatic carbocycles. The second kappa shape index (κ2) is 16.5. The van der Waals surface area contributed by atoms with E-state index in [4.69, 9.17) is 19.4 Å². The van der Waals surface area contributed by atoms with Crippen molar-refractivity contribution < 1.29 is 28.1 Å². The van der Waals surface area contributed by atoms with Gasteiger partial charge in [-0.15, -0.1) is 0 Å². The van der Waals surface area contributed by atoms with Gasteiger partial charge in [-0.25, -0.2) is 4.79 Å². The predicted octanol–water partition coefficient (Wildman–Crippen LogP) is 3.19. The summed E-state index contributed by atoms with van der Waals surface area (Å²) in [5.74, 6) is -0.529. The van der Waals surface area contributed by atoms with Crippen LogP contribution >= 0.6 is 8.96 Å². The summed E-state index contributed by atoms with van der Waals surface area (Å²) < 4.78 is 18.9. The van der Waals surface area contributed by atoms with E-state index in [-0.39, 0.29) is 51.4 Å². The van der Waals surface area contributed by atoms with Crippen molar-refractivity contribution in [2.45, 2.75) is 71.3 Å². The van der Waals surface area contributed by atoms with Crippen LogP contribution in [-0.2, 0) is 29.8 Å². The van der Waals surface area contributed by atoms with E-state index in [0.29, 0.717) is 12.2 Å². The maximum atomic E-state index is 13.8. The minimum absolute atomic E-state index is 0.0746. The zero-order valence-electron chi connectivity index (χ0n) is 29.9. The molecule has 3 heterocycles. The zero-order chi connectivity index (χ0) is 35.3. The first-order chi connectivity index (χ1) is 23.6. The van der Waals surface area contributed by atoms with E-state index in [1.54, 1.807) is 12.9 Å². The summed E-state index contributed by atoms with van der Waals surface area (Å²) in [5, 5.41) is 2.15. The van der Waals surface area contributed by atoms with Crippen LogP contribution < -0.4 is 15.5 Å². The molecule has 0 aromatic heterocycles. The van der Waals surface area contributed by atoms with Gasteiger partial charge in [0.15, 0.2) is 16.3 Å².